The number of carbonyl (C=O) groups excluding carboxylic acids is 4. The zero-order valence-corrected chi connectivity index (χ0v) is 20.4. The number of carbonyl (C=O) groups is 4. The van der Waals surface area contributed by atoms with Crippen molar-refractivity contribution in [1.82, 2.24) is 25.7 Å². The molecule has 1 saturated heterocycles. The minimum atomic E-state index is -0.681. The van der Waals surface area contributed by atoms with Gasteiger partial charge >= 0.3 is 6.03 Å². The molecule has 2 aliphatic heterocycles. The molecule has 37 heavy (non-hydrogen) atoms. The first-order valence-corrected chi connectivity index (χ1v) is 12.0. The molecule has 3 N–H and O–H groups in total. The van der Waals surface area contributed by atoms with E-state index in [-0.39, 0.29) is 24.8 Å². The van der Waals surface area contributed by atoms with Gasteiger partial charge in [0.1, 0.15) is 6.04 Å². The number of amides is 5. The quantitative estimate of drug-likeness (QED) is 0.463. The van der Waals surface area contributed by atoms with Crippen LogP contribution in [0.2, 0.25) is 0 Å². The predicted molar refractivity (Wildman–Crippen MR) is 135 cm³/mol. The molecule has 0 radical (unpaired) electrons. The Morgan fingerprint density at radius 2 is 1.81 bits per heavy atom. The summed E-state index contributed by atoms with van der Waals surface area (Å²) >= 11 is 0. The highest BCUT2D eigenvalue weighted by molar-refractivity contribution is 6.05. The standard InChI is InChI=1S/C27H26N6O4/c1-27(2,19-5-3-16(4-6-19)17-11-12-28-29-14-17)32-26(37)30-20-7-8-21-18(13-20)15-33(25(21)36)22-9-10-23(34)31-24(22)35/h3-8,11-14,22H,9-10,15H2,1-2H3,(H2,30,32,37)(H,31,34,35). The van der Waals surface area contributed by atoms with Crippen LogP contribution >= 0.6 is 0 Å². The Kier molecular flexibility index (Phi) is 6.16. The average molecular weight is 499 g/mol. The summed E-state index contributed by atoms with van der Waals surface area (Å²) in [6.45, 7) is 4.06. The molecular formula is C27H26N6O4. The molecule has 1 atom stereocenters. The van der Waals surface area contributed by atoms with Crippen LogP contribution in [0.25, 0.3) is 11.1 Å². The molecule has 0 saturated carbocycles. The fraction of sp³-hybridized carbons (Fsp3) is 0.259. The SMILES string of the molecule is CC(C)(NC(=O)Nc1ccc2c(c1)CN(C1CCC(=O)NC1=O)C2=O)c1ccc(-c2ccnnc2)cc1. The topological polar surface area (TPSA) is 133 Å². The number of piperidine rings is 1. The summed E-state index contributed by atoms with van der Waals surface area (Å²) in [5.41, 5.74) is 3.95. The van der Waals surface area contributed by atoms with E-state index in [2.05, 4.69) is 26.1 Å². The lowest BCUT2D eigenvalue weighted by Gasteiger charge is -2.29. The van der Waals surface area contributed by atoms with Gasteiger partial charge in [-0.05, 0) is 61.2 Å². The molecule has 0 bridgehead atoms. The number of imide groups is 1. The van der Waals surface area contributed by atoms with E-state index >= 15 is 0 Å². The summed E-state index contributed by atoms with van der Waals surface area (Å²) in [5, 5.41) is 15.8. The van der Waals surface area contributed by atoms with Crippen LogP contribution in [0.3, 0.4) is 0 Å². The van der Waals surface area contributed by atoms with E-state index in [4.69, 9.17) is 0 Å². The number of nitrogens with zero attached hydrogens (tertiary/aromatic N) is 3. The van der Waals surface area contributed by atoms with Crippen LogP contribution in [-0.4, -0.2) is 44.9 Å². The van der Waals surface area contributed by atoms with Crippen molar-refractivity contribution in [3.63, 3.8) is 0 Å². The zero-order chi connectivity index (χ0) is 26.2. The maximum atomic E-state index is 12.9. The van der Waals surface area contributed by atoms with Crippen molar-refractivity contribution in [1.29, 1.82) is 0 Å². The van der Waals surface area contributed by atoms with Crippen LogP contribution in [0, 0.1) is 0 Å². The fourth-order valence-electron chi connectivity index (χ4n) is 4.71. The number of fused-ring (bicyclic) bond motifs is 1. The normalized spacial score (nSPS) is 17.3. The van der Waals surface area contributed by atoms with Gasteiger partial charge in [0, 0.05) is 29.8 Å². The third kappa shape index (κ3) is 4.90. The van der Waals surface area contributed by atoms with Gasteiger partial charge in [-0.1, -0.05) is 24.3 Å². The molecule has 1 aromatic heterocycles. The molecule has 5 amide bonds. The molecule has 10 heteroatoms. The van der Waals surface area contributed by atoms with Crippen LogP contribution in [0.1, 0.15) is 48.2 Å². The molecule has 0 spiro atoms. The van der Waals surface area contributed by atoms with E-state index in [1.54, 1.807) is 30.6 Å². The Hall–Kier alpha value is -4.60. The van der Waals surface area contributed by atoms with Crippen molar-refractivity contribution in [2.45, 2.75) is 44.8 Å². The van der Waals surface area contributed by atoms with Gasteiger partial charge in [0.05, 0.1) is 17.9 Å². The molecule has 188 valence electrons. The van der Waals surface area contributed by atoms with Crippen molar-refractivity contribution in [2.75, 3.05) is 5.32 Å². The molecule has 0 aliphatic carbocycles. The number of aromatic nitrogens is 2. The van der Waals surface area contributed by atoms with Crippen molar-refractivity contribution < 1.29 is 19.2 Å². The van der Waals surface area contributed by atoms with Crippen molar-refractivity contribution in [3.05, 3.63) is 77.6 Å². The summed E-state index contributed by atoms with van der Waals surface area (Å²) < 4.78 is 0. The van der Waals surface area contributed by atoms with E-state index < -0.39 is 23.5 Å². The van der Waals surface area contributed by atoms with Gasteiger partial charge in [-0.25, -0.2) is 4.79 Å². The molecule has 10 nitrogen and oxygen atoms in total. The van der Waals surface area contributed by atoms with Crippen molar-refractivity contribution in [2.24, 2.45) is 0 Å². The largest absolute Gasteiger partial charge is 0.329 e. The third-order valence-corrected chi connectivity index (χ3v) is 6.73. The van der Waals surface area contributed by atoms with E-state index in [1.807, 2.05) is 44.2 Å². The Balaban J connectivity index is 1.24. The molecule has 2 aromatic carbocycles. The van der Waals surface area contributed by atoms with Crippen LogP contribution in [0.5, 0.6) is 0 Å². The van der Waals surface area contributed by atoms with E-state index in [9.17, 15) is 19.2 Å². The highest BCUT2D eigenvalue weighted by Gasteiger charge is 2.39. The number of urea groups is 1. The van der Waals surface area contributed by atoms with Gasteiger partial charge in [0.2, 0.25) is 11.8 Å². The molecule has 3 aromatic rings. The summed E-state index contributed by atoms with van der Waals surface area (Å²) in [5.74, 6) is -1.04. The number of anilines is 1. The van der Waals surface area contributed by atoms with Gasteiger partial charge in [0.15, 0.2) is 0 Å². The summed E-state index contributed by atoms with van der Waals surface area (Å²) in [6.07, 6.45) is 3.83. The van der Waals surface area contributed by atoms with Gasteiger partial charge in [-0.3, -0.25) is 19.7 Å². The van der Waals surface area contributed by atoms with Gasteiger partial charge in [-0.15, -0.1) is 0 Å². The number of rotatable bonds is 5. The van der Waals surface area contributed by atoms with Crippen LogP contribution in [0.15, 0.2) is 60.9 Å². The second kappa shape index (κ2) is 9.45. The van der Waals surface area contributed by atoms with Crippen LogP contribution in [-0.2, 0) is 21.7 Å². The van der Waals surface area contributed by atoms with Gasteiger partial charge < -0.3 is 15.5 Å². The smallest absolute Gasteiger partial charge is 0.319 e. The Morgan fingerprint density at radius 3 is 2.51 bits per heavy atom. The lowest BCUT2D eigenvalue weighted by molar-refractivity contribution is -0.136. The maximum Gasteiger partial charge on any atom is 0.319 e. The molecule has 5 rings (SSSR count). The minimum Gasteiger partial charge on any atom is -0.329 e. The second-order valence-electron chi connectivity index (χ2n) is 9.68. The average Bonchev–Trinajstić information content (AvgIpc) is 3.19. The van der Waals surface area contributed by atoms with Crippen molar-refractivity contribution in [3.8, 4) is 11.1 Å². The molecule has 1 fully saturated rings. The highest BCUT2D eigenvalue weighted by Crippen LogP contribution is 2.30. The van der Waals surface area contributed by atoms with E-state index in [0.29, 0.717) is 23.2 Å². The number of benzene rings is 2. The summed E-state index contributed by atoms with van der Waals surface area (Å²) in [7, 11) is 0. The third-order valence-electron chi connectivity index (χ3n) is 6.73. The lowest BCUT2D eigenvalue weighted by Crippen LogP contribution is -2.52. The van der Waals surface area contributed by atoms with Gasteiger partial charge in [-0.2, -0.15) is 10.2 Å². The van der Waals surface area contributed by atoms with Gasteiger partial charge in [0.25, 0.3) is 5.91 Å². The maximum absolute atomic E-state index is 12.9. The van der Waals surface area contributed by atoms with Crippen LogP contribution in [0.4, 0.5) is 10.5 Å². The van der Waals surface area contributed by atoms with E-state index in [0.717, 1.165) is 16.7 Å². The first-order chi connectivity index (χ1) is 17.7. The monoisotopic (exact) mass is 498 g/mol. The number of hydrogen-bond acceptors (Lipinski definition) is 6. The van der Waals surface area contributed by atoms with E-state index in [1.165, 1.54) is 4.90 Å². The minimum absolute atomic E-state index is 0.197. The first-order valence-electron chi connectivity index (χ1n) is 12.0. The zero-order valence-electron chi connectivity index (χ0n) is 20.4. The Labute approximate surface area is 213 Å². The Morgan fingerprint density at radius 1 is 1.03 bits per heavy atom. The Bertz CT molecular complexity index is 1390. The number of hydrogen-bond donors (Lipinski definition) is 3. The lowest BCUT2D eigenvalue weighted by atomic mass is 9.93. The molecular weight excluding hydrogens is 472 g/mol. The van der Waals surface area contributed by atoms with Crippen LogP contribution < -0.4 is 16.0 Å². The summed E-state index contributed by atoms with van der Waals surface area (Å²) in [4.78, 5) is 50.9. The fourth-order valence-corrected chi connectivity index (χ4v) is 4.71. The summed E-state index contributed by atoms with van der Waals surface area (Å²) in [6, 6.07) is 13.7. The molecule has 2 aliphatic rings. The number of nitrogens with one attached hydrogen (secondary N) is 3. The molecule has 1 unspecified atom stereocenters. The highest BCUT2D eigenvalue weighted by atomic mass is 16.2. The van der Waals surface area contributed by atoms with Crippen molar-refractivity contribution >= 4 is 29.4 Å². The predicted octanol–water partition coefficient (Wildman–Crippen LogP) is 2.96. The second-order valence-corrected chi connectivity index (χ2v) is 9.68. The molecule has 3 heterocycles. The first kappa shape index (κ1) is 24.1.